The number of likely N-dealkylation sites (tertiary alicyclic amines) is 1. The molecule has 0 amide bonds. The number of aliphatic carboxylic acids is 1. The molecule has 0 radical (unpaired) electrons. The van der Waals surface area contributed by atoms with Crippen LogP contribution in [0.1, 0.15) is 62.5 Å². The molecule has 6 rings (SSSR count). The molecule has 4 aliphatic carbocycles. The summed E-state index contributed by atoms with van der Waals surface area (Å²) < 4.78 is 0. The second-order valence-electron chi connectivity index (χ2n) is 9.93. The third kappa shape index (κ3) is 2.54. The normalized spacial score (nSPS) is 40.0. The number of carboxylic acid groups (broad SMARTS) is 1. The standard InChI is InChI=1S/C23H31NO2/c1-16-2-4-20(5-3-16)22-11-17-10-18(12-22)14-23(13-17,15-22)24-8-6-19(7-9-24)21(25)26/h2-5,17-19H,6-15H2,1H3,(H,25,26)/t17-,18+,22?,23?. The predicted octanol–water partition coefficient (Wildman–Crippen LogP) is 4.38. The molecule has 140 valence electrons. The number of hydrogen-bond donors (Lipinski definition) is 1. The van der Waals surface area contributed by atoms with Crippen molar-refractivity contribution in [3.63, 3.8) is 0 Å². The van der Waals surface area contributed by atoms with Gasteiger partial charge < -0.3 is 5.11 Å². The Bertz CT molecular complexity index is 687. The Balaban J connectivity index is 1.44. The van der Waals surface area contributed by atoms with Crippen LogP contribution < -0.4 is 0 Å². The van der Waals surface area contributed by atoms with E-state index in [1.807, 2.05) is 0 Å². The molecular weight excluding hydrogens is 322 g/mol. The van der Waals surface area contributed by atoms with Crippen molar-refractivity contribution >= 4 is 5.97 Å². The summed E-state index contributed by atoms with van der Waals surface area (Å²) in [5.74, 6) is 1.03. The third-order valence-corrected chi connectivity index (χ3v) is 8.21. The summed E-state index contributed by atoms with van der Waals surface area (Å²) in [6.45, 7) is 4.15. The summed E-state index contributed by atoms with van der Waals surface area (Å²) in [5, 5.41) is 9.35. The Labute approximate surface area is 156 Å². The minimum absolute atomic E-state index is 0.119. The molecule has 1 aromatic rings. The summed E-state index contributed by atoms with van der Waals surface area (Å²) in [7, 11) is 0. The molecule has 1 aromatic carbocycles. The highest BCUT2D eigenvalue weighted by atomic mass is 16.4. The molecule has 2 unspecified atom stereocenters. The zero-order valence-corrected chi connectivity index (χ0v) is 15.9. The van der Waals surface area contributed by atoms with Gasteiger partial charge in [-0.2, -0.15) is 0 Å². The van der Waals surface area contributed by atoms with E-state index in [2.05, 4.69) is 36.1 Å². The molecule has 26 heavy (non-hydrogen) atoms. The smallest absolute Gasteiger partial charge is 0.306 e. The van der Waals surface area contributed by atoms with Crippen molar-refractivity contribution in [3.05, 3.63) is 35.4 Å². The first-order valence-electron chi connectivity index (χ1n) is 10.5. The number of nitrogens with zero attached hydrogens (tertiary/aromatic N) is 1. The van der Waals surface area contributed by atoms with E-state index in [9.17, 15) is 9.90 Å². The first-order valence-corrected chi connectivity index (χ1v) is 10.5. The maximum atomic E-state index is 11.4. The van der Waals surface area contributed by atoms with E-state index in [0.29, 0.717) is 11.0 Å². The summed E-state index contributed by atoms with van der Waals surface area (Å²) in [6.07, 6.45) is 9.87. The maximum Gasteiger partial charge on any atom is 0.306 e. The highest BCUT2D eigenvalue weighted by Gasteiger charge is 2.60. The van der Waals surface area contributed by atoms with Gasteiger partial charge in [-0.1, -0.05) is 29.8 Å². The zero-order valence-electron chi connectivity index (χ0n) is 15.9. The molecule has 3 heteroatoms. The fraction of sp³-hybridized carbons (Fsp3) is 0.696. The molecule has 3 nitrogen and oxygen atoms in total. The van der Waals surface area contributed by atoms with Crippen LogP contribution in [0.4, 0.5) is 0 Å². The van der Waals surface area contributed by atoms with E-state index in [0.717, 1.165) is 37.8 Å². The first-order chi connectivity index (χ1) is 12.5. The molecule has 1 heterocycles. The van der Waals surface area contributed by atoms with E-state index in [4.69, 9.17) is 0 Å². The zero-order chi connectivity index (χ0) is 17.9. The molecule has 0 aromatic heterocycles. The average Bonchev–Trinajstić information content (AvgIpc) is 2.61. The summed E-state index contributed by atoms with van der Waals surface area (Å²) in [4.78, 5) is 14.1. The van der Waals surface area contributed by atoms with Crippen LogP contribution in [0, 0.1) is 24.7 Å². The number of hydrogen-bond acceptors (Lipinski definition) is 2. The number of benzene rings is 1. The highest BCUT2D eigenvalue weighted by Crippen LogP contribution is 2.64. The minimum atomic E-state index is -0.591. The molecular formula is C23H31NO2. The molecule has 4 bridgehead atoms. The monoisotopic (exact) mass is 353 g/mol. The van der Waals surface area contributed by atoms with Gasteiger partial charge in [-0.15, -0.1) is 0 Å². The lowest BCUT2D eigenvalue weighted by atomic mass is 9.45. The van der Waals surface area contributed by atoms with Crippen molar-refractivity contribution in [3.8, 4) is 0 Å². The number of rotatable bonds is 3. The van der Waals surface area contributed by atoms with Gasteiger partial charge in [0.25, 0.3) is 0 Å². The SMILES string of the molecule is Cc1ccc(C23C[C@H]4C[C@@H](C2)CC(N2CCC(C(=O)O)CC2)(C4)C3)cc1. The summed E-state index contributed by atoms with van der Waals surface area (Å²) in [5.41, 5.74) is 3.64. The molecule has 4 atom stereocenters. The molecule has 1 N–H and O–H groups in total. The van der Waals surface area contributed by atoms with Crippen LogP contribution in [0.15, 0.2) is 24.3 Å². The molecule has 4 saturated carbocycles. The van der Waals surface area contributed by atoms with E-state index in [1.165, 1.54) is 44.1 Å². The highest BCUT2D eigenvalue weighted by molar-refractivity contribution is 5.70. The quantitative estimate of drug-likeness (QED) is 0.876. The Hall–Kier alpha value is -1.35. The van der Waals surface area contributed by atoms with Crippen molar-refractivity contribution in [2.45, 2.75) is 69.2 Å². The van der Waals surface area contributed by atoms with E-state index in [-0.39, 0.29) is 5.92 Å². The van der Waals surface area contributed by atoms with Crippen molar-refractivity contribution in [2.24, 2.45) is 17.8 Å². The van der Waals surface area contributed by atoms with Crippen LogP contribution in [-0.2, 0) is 10.2 Å². The van der Waals surface area contributed by atoms with Gasteiger partial charge in [0.2, 0.25) is 0 Å². The Morgan fingerprint density at radius 1 is 1.04 bits per heavy atom. The topological polar surface area (TPSA) is 40.5 Å². The van der Waals surface area contributed by atoms with E-state index < -0.39 is 5.97 Å². The van der Waals surface area contributed by atoms with Gasteiger partial charge in [-0.3, -0.25) is 9.69 Å². The van der Waals surface area contributed by atoms with Crippen molar-refractivity contribution < 1.29 is 9.90 Å². The second-order valence-corrected chi connectivity index (χ2v) is 9.93. The minimum Gasteiger partial charge on any atom is -0.481 e. The third-order valence-electron chi connectivity index (χ3n) is 8.21. The average molecular weight is 354 g/mol. The molecule has 5 aliphatic rings. The van der Waals surface area contributed by atoms with Gasteiger partial charge >= 0.3 is 5.97 Å². The van der Waals surface area contributed by atoms with Gasteiger partial charge in [0.05, 0.1) is 5.92 Å². The fourth-order valence-electron chi connectivity index (χ4n) is 7.43. The number of piperidine rings is 1. The van der Waals surface area contributed by atoms with Gasteiger partial charge in [0.1, 0.15) is 0 Å². The Morgan fingerprint density at radius 3 is 2.23 bits per heavy atom. The first kappa shape index (κ1) is 16.8. The van der Waals surface area contributed by atoms with Crippen LogP contribution in [0.3, 0.4) is 0 Å². The number of aryl methyl sites for hydroxylation is 1. The van der Waals surface area contributed by atoms with Crippen LogP contribution in [0.2, 0.25) is 0 Å². The fourth-order valence-corrected chi connectivity index (χ4v) is 7.43. The van der Waals surface area contributed by atoms with Gasteiger partial charge in [0, 0.05) is 5.54 Å². The largest absolute Gasteiger partial charge is 0.481 e. The van der Waals surface area contributed by atoms with Gasteiger partial charge in [-0.05, 0) is 94.2 Å². The maximum absolute atomic E-state index is 11.4. The van der Waals surface area contributed by atoms with Crippen molar-refractivity contribution in [1.29, 1.82) is 0 Å². The molecule has 5 fully saturated rings. The van der Waals surface area contributed by atoms with Crippen LogP contribution in [-0.4, -0.2) is 34.6 Å². The molecule has 0 spiro atoms. The van der Waals surface area contributed by atoms with Crippen molar-refractivity contribution in [1.82, 2.24) is 4.90 Å². The van der Waals surface area contributed by atoms with Crippen LogP contribution in [0.5, 0.6) is 0 Å². The van der Waals surface area contributed by atoms with Crippen molar-refractivity contribution in [2.75, 3.05) is 13.1 Å². The lowest BCUT2D eigenvalue weighted by Crippen LogP contribution is -2.65. The van der Waals surface area contributed by atoms with E-state index in [1.54, 1.807) is 5.56 Å². The van der Waals surface area contributed by atoms with Gasteiger partial charge in [-0.25, -0.2) is 0 Å². The molecule has 1 aliphatic heterocycles. The number of carboxylic acids is 1. The predicted molar refractivity (Wildman–Crippen MR) is 102 cm³/mol. The van der Waals surface area contributed by atoms with Gasteiger partial charge in [0.15, 0.2) is 0 Å². The second kappa shape index (κ2) is 5.82. The van der Waals surface area contributed by atoms with E-state index >= 15 is 0 Å². The summed E-state index contributed by atoms with van der Waals surface area (Å²) in [6, 6.07) is 9.37. The molecule has 1 saturated heterocycles. The summed E-state index contributed by atoms with van der Waals surface area (Å²) >= 11 is 0. The Kier molecular flexibility index (Phi) is 3.76. The van der Waals surface area contributed by atoms with Crippen LogP contribution >= 0.6 is 0 Å². The lowest BCUT2D eigenvalue weighted by molar-refractivity contribution is -0.147. The Morgan fingerprint density at radius 2 is 1.65 bits per heavy atom. The number of carbonyl (C=O) groups is 1. The lowest BCUT2D eigenvalue weighted by Gasteiger charge is -2.66. The van der Waals surface area contributed by atoms with Crippen LogP contribution in [0.25, 0.3) is 0 Å².